The SMILES string of the molecule is CCOc1cc(/C=C(\C#N)C(=O)Nc2cc(C)ccc2C)c(Br)cc1OCC(=O)OC. The van der Waals surface area contributed by atoms with Crippen molar-refractivity contribution in [2.45, 2.75) is 20.8 Å². The topological polar surface area (TPSA) is 97.6 Å². The monoisotopic (exact) mass is 486 g/mol. The Kier molecular flexibility index (Phi) is 8.64. The fourth-order valence-electron chi connectivity index (χ4n) is 2.60. The van der Waals surface area contributed by atoms with E-state index >= 15 is 0 Å². The van der Waals surface area contributed by atoms with Crippen molar-refractivity contribution in [3.05, 3.63) is 57.1 Å². The summed E-state index contributed by atoms with van der Waals surface area (Å²) in [6.45, 7) is 5.69. The molecule has 0 spiro atoms. The molecular formula is C23H23BrN2O5. The minimum Gasteiger partial charge on any atom is -0.490 e. The summed E-state index contributed by atoms with van der Waals surface area (Å²) >= 11 is 3.41. The van der Waals surface area contributed by atoms with Gasteiger partial charge in [-0.3, -0.25) is 4.79 Å². The van der Waals surface area contributed by atoms with Crippen LogP contribution >= 0.6 is 15.9 Å². The lowest BCUT2D eigenvalue weighted by molar-refractivity contribution is -0.142. The minimum atomic E-state index is -0.530. The summed E-state index contributed by atoms with van der Waals surface area (Å²) in [6.07, 6.45) is 1.46. The number of anilines is 1. The maximum Gasteiger partial charge on any atom is 0.343 e. The molecule has 0 atom stereocenters. The number of nitriles is 1. The maximum absolute atomic E-state index is 12.7. The van der Waals surface area contributed by atoms with Crippen LogP contribution < -0.4 is 14.8 Å². The van der Waals surface area contributed by atoms with Gasteiger partial charge in [0.05, 0.1) is 13.7 Å². The van der Waals surface area contributed by atoms with E-state index in [0.29, 0.717) is 33.8 Å². The Hall–Kier alpha value is -3.31. The van der Waals surface area contributed by atoms with E-state index < -0.39 is 11.9 Å². The van der Waals surface area contributed by atoms with E-state index in [-0.39, 0.29) is 12.2 Å². The van der Waals surface area contributed by atoms with Gasteiger partial charge in [-0.05, 0) is 61.7 Å². The molecule has 2 aromatic rings. The average Bonchev–Trinajstić information content (AvgIpc) is 2.74. The molecule has 1 amide bonds. The minimum absolute atomic E-state index is 0.0766. The van der Waals surface area contributed by atoms with Gasteiger partial charge in [0.15, 0.2) is 18.1 Å². The fraction of sp³-hybridized carbons (Fsp3) is 0.261. The summed E-state index contributed by atoms with van der Waals surface area (Å²) in [4.78, 5) is 24.1. The molecule has 0 saturated carbocycles. The zero-order valence-electron chi connectivity index (χ0n) is 17.7. The molecule has 0 heterocycles. The molecule has 8 heteroatoms. The zero-order valence-corrected chi connectivity index (χ0v) is 19.3. The average molecular weight is 487 g/mol. The summed E-state index contributed by atoms with van der Waals surface area (Å²) in [5.74, 6) is -0.354. The number of aryl methyl sites for hydroxylation is 2. The van der Waals surface area contributed by atoms with E-state index in [2.05, 4.69) is 26.0 Å². The Labute approximate surface area is 189 Å². The van der Waals surface area contributed by atoms with Gasteiger partial charge in [-0.15, -0.1) is 0 Å². The molecule has 162 valence electrons. The van der Waals surface area contributed by atoms with Crippen molar-refractivity contribution >= 4 is 39.6 Å². The summed E-state index contributed by atoms with van der Waals surface area (Å²) < 4.78 is 16.2. The van der Waals surface area contributed by atoms with E-state index in [1.165, 1.54) is 13.2 Å². The maximum atomic E-state index is 12.7. The molecule has 0 bridgehead atoms. The number of hydrogen-bond donors (Lipinski definition) is 1. The fourth-order valence-corrected chi connectivity index (χ4v) is 3.04. The zero-order chi connectivity index (χ0) is 23.0. The van der Waals surface area contributed by atoms with Gasteiger partial charge in [0.2, 0.25) is 0 Å². The van der Waals surface area contributed by atoms with Gasteiger partial charge in [0.25, 0.3) is 5.91 Å². The number of nitrogens with zero attached hydrogens (tertiary/aromatic N) is 1. The number of amides is 1. The number of rotatable bonds is 8. The van der Waals surface area contributed by atoms with Gasteiger partial charge in [-0.2, -0.15) is 5.26 Å². The Bertz CT molecular complexity index is 1060. The lowest BCUT2D eigenvalue weighted by atomic mass is 10.1. The molecule has 0 aliphatic rings. The first-order chi connectivity index (χ1) is 14.8. The molecule has 0 aromatic heterocycles. The summed E-state index contributed by atoms with van der Waals surface area (Å²) in [5.41, 5.74) is 3.00. The van der Waals surface area contributed by atoms with Crippen LogP contribution in [0.3, 0.4) is 0 Å². The highest BCUT2D eigenvalue weighted by atomic mass is 79.9. The Balaban J connectivity index is 2.34. The van der Waals surface area contributed by atoms with Crippen LogP contribution in [0.1, 0.15) is 23.6 Å². The van der Waals surface area contributed by atoms with Crippen LogP contribution in [-0.4, -0.2) is 32.2 Å². The molecule has 0 saturated heterocycles. The van der Waals surface area contributed by atoms with E-state index in [4.69, 9.17) is 9.47 Å². The van der Waals surface area contributed by atoms with Crippen LogP contribution in [-0.2, 0) is 14.3 Å². The first-order valence-electron chi connectivity index (χ1n) is 9.45. The van der Waals surface area contributed by atoms with Crippen LogP contribution in [0, 0.1) is 25.2 Å². The van der Waals surface area contributed by atoms with E-state index in [0.717, 1.165) is 11.1 Å². The van der Waals surface area contributed by atoms with Crippen LogP contribution in [0.4, 0.5) is 5.69 Å². The first kappa shape index (κ1) is 24.0. The molecule has 31 heavy (non-hydrogen) atoms. The van der Waals surface area contributed by atoms with Crippen molar-refractivity contribution in [3.63, 3.8) is 0 Å². The number of methoxy groups -OCH3 is 1. The summed E-state index contributed by atoms with van der Waals surface area (Å²) in [7, 11) is 1.27. The predicted molar refractivity (Wildman–Crippen MR) is 121 cm³/mol. The number of hydrogen-bond acceptors (Lipinski definition) is 6. The Morgan fingerprint density at radius 3 is 2.52 bits per heavy atom. The van der Waals surface area contributed by atoms with Crippen LogP contribution in [0.2, 0.25) is 0 Å². The van der Waals surface area contributed by atoms with E-state index in [1.54, 1.807) is 19.1 Å². The van der Waals surface area contributed by atoms with Crippen LogP contribution in [0.15, 0.2) is 40.4 Å². The molecule has 0 aliphatic carbocycles. The van der Waals surface area contributed by atoms with Gasteiger partial charge in [0, 0.05) is 10.2 Å². The number of carbonyl (C=O) groups is 2. The number of ether oxygens (including phenoxy) is 3. The quantitative estimate of drug-likeness (QED) is 0.333. The normalized spacial score (nSPS) is 10.8. The highest BCUT2D eigenvalue weighted by molar-refractivity contribution is 9.10. The molecule has 0 radical (unpaired) electrons. The van der Waals surface area contributed by atoms with Crippen molar-refractivity contribution in [1.82, 2.24) is 0 Å². The summed E-state index contributed by atoms with van der Waals surface area (Å²) in [5, 5.41) is 12.3. The third kappa shape index (κ3) is 6.59. The van der Waals surface area contributed by atoms with Gasteiger partial charge in [-0.1, -0.05) is 28.1 Å². The number of halogens is 1. The van der Waals surface area contributed by atoms with Gasteiger partial charge < -0.3 is 19.5 Å². The second-order valence-corrected chi connectivity index (χ2v) is 7.41. The molecular weight excluding hydrogens is 464 g/mol. The molecule has 2 aromatic carbocycles. The van der Waals surface area contributed by atoms with E-state index in [9.17, 15) is 14.9 Å². The lowest BCUT2D eigenvalue weighted by Crippen LogP contribution is -2.14. The Morgan fingerprint density at radius 1 is 1.16 bits per heavy atom. The van der Waals surface area contributed by atoms with Gasteiger partial charge >= 0.3 is 5.97 Å². The van der Waals surface area contributed by atoms with Crippen LogP contribution in [0.5, 0.6) is 11.5 Å². The lowest BCUT2D eigenvalue weighted by Gasteiger charge is -2.14. The highest BCUT2D eigenvalue weighted by Gasteiger charge is 2.15. The molecule has 7 nitrogen and oxygen atoms in total. The highest BCUT2D eigenvalue weighted by Crippen LogP contribution is 2.35. The summed E-state index contributed by atoms with van der Waals surface area (Å²) in [6, 6.07) is 10.9. The van der Waals surface area contributed by atoms with Gasteiger partial charge in [-0.25, -0.2) is 4.79 Å². The molecule has 2 rings (SSSR count). The van der Waals surface area contributed by atoms with Crippen LogP contribution in [0.25, 0.3) is 6.08 Å². The van der Waals surface area contributed by atoms with Crippen molar-refractivity contribution in [3.8, 4) is 17.6 Å². The standard InChI is InChI=1S/C23H23BrN2O5/c1-5-30-20-10-16(18(24)11-21(20)31-13-22(27)29-4)9-17(12-25)23(28)26-19-8-14(2)6-7-15(19)3/h6-11H,5,13H2,1-4H3,(H,26,28)/b17-9+. The number of nitrogens with one attached hydrogen (secondary N) is 1. The third-order valence-electron chi connectivity index (χ3n) is 4.24. The third-order valence-corrected chi connectivity index (χ3v) is 4.93. The first-order valence-corrected chi connectivity index (χ1v) is 10.2. The number of benzene rings is 2. The molecule has 0 unspecified atom stereocenters. The second kappa shape index (κ2) is 11.2. The van der Waals surface area contributed by atoms with Crippen molar-refractivity contribution in [2.75, 3.05) is 25.6 Å². The van der Waals surface area contributed by atoms with Crippen molar-refractivity contribution in [1.29, 1.82) is 5.26 Å². The van der Waals surface area contributed by atoms with Gasteiger partial charge in [0.1, 0.15) is 11.6 Å². The number of esters is 1. The molecule has 1 N–H and O–H groups in total. The van der Waals surface area contributed by atoms with Crippen molar-refractivity contribution < 1.29 is 23.8 Å². The van der Waals surface area contributed by atoms with Crippen molar-refractivity contribution in [2.24, 2.45) is 0 Å². The smallest absolute Gasteiger partial charge is 0.343 e. The second-order valence-electron chi connectivity index (χ2n) is 6.56. The molecule has 0 aliphatic heterocycles. The van der Waals surface area contributed by atoms with E-state index in [1.807, 2.05) is 38.1 Å². The number of carbonyl (C=O) groups excluding carboxylic acids is 2. The predicted octanol–water partition coefficient (Wildman–Crippen LogP) is 4.56. The largest absolute Gasteiger partial charge is 0.490 e. The molecule has 0 fully saturated rings. The Morgan fingerprint density at radius 2 is 1.87 bits per heavy atom.